The van der Waals surface area contributed by atoms with Gasteiger partial charge in [0.15, 0.2) is 0 Å². The summed E-state index contributed by atoms with van der Waals surface area (Å²) in [6, 6.07) is 0. The van der Waals surface area contributed by atoms with Crippen LogP contribution in [-0.4, -0.2) is 18.8 Å². The molecule has 0 aromatic carbocycles. The molecule has 1 heterocycles. The van der Waals surface area contributed by atoms with Crippen molar-refractivity contribution >= 4 is 34.6 Å². The van der Waals surface area contributed by atoms with Gasteiger partial charge in [-0.3, -0.25) is 0 Å². The summed E-state index contributed by atoms with van der Waals surface area (Å²) < 4.78 is 2.81. The van der Waals surface area contributed by atoms with Gasteiger partial charge >= 0.3 is 5.69 Å². The van der Waals surface area contributed by atoms with Crippen LogP contribution in [0.4, 0.5) is 0 Å². The van der Waals surface area contributed by atoms with Crippen LogP contribution in [0.5, 0.6) is 0 Å². The zero-order chi connectivity index (χ0) is 7.72. The summed E-state index contributed by atoms with van der Waals surface area (Å²) in [6.07, 6.45) is 1.89. The van der Waals surface area contributed by atoms with E-state index in [9.17, 15) is 4.79 Å². The molecule has 0 aliphatic carbocycles. The molecule has 0 aliphatic rings. The van der Waals surface area contributed by atoms with Crippen LogP contribution in [0, 0.1) is 0 Å². The van der Waals surface area contributed by atoms with Gasteiger partial charge in [-0.1, -0.05) is 11.8 Å². The first-order valence-electron chi connectivity index (χ1n) is 2.53. The Morgan fingerprint density at radius 2 is 2.30 bits per heavy atom. The standard InChI is InChI=1S/C4H6IN3OS/c1-7-4(9)8(5)3(6-7)10-2/h1-2H3. The number of halogens is 1. The monoisotopic (exact) mass is 271 g/mol. The minimum atomic E-state index is -0.0926. The number of hydrogen-bond donors (Lipinski definition) is 0. The predicted octanol–water partition coefficient (Wildman–Crippen LogP) is 0.502. The van der Waals surface area contributed by atoms with E-state index in [4.69, 9.17) is 0 Å². The van der Waals surface area contributed by atoms with E-state index in [0.717, 1.165) is 5.16 Å². The first kappa shape index (κ1) is 8.12. The molecule has 0 radical (unpaired) electrons. The van der Waals surface area contributed by atoms with Crippen molar-refractivity contribution in [1.82, 2.24) is 12.6 Å². The van der Waals surface area contributed by atoms with Crippen LogP contribution >= 0.6 is 34.6 Å². The molecule has 0 aliphatic heterocycles. The lowest BCUT2D eigenvalue weighted by Gasteiger charge is -1.86. The Bertz CT molecular complexity index is 291. The average Bonchev–Trinajstić information content (AvgIpc) is 2.17. The second kappa shape index (κ2) is 2.95. The van der Waals surface area contributed by atoms with Gasteiger partial charge in [0, 0.05) is 7.05 Å². The highest BCUT2D eigenvalue weighted by atomic mass is 127. The third-order valence-electron chi connectivity index (χ3n) is 1.03. The molecule has 0 atom stereocenters. The van der Waals surface area contributed by atoms with E-state index in [0.29, 0.717) is 0 Å². The number of nitrogens with zero attached hydrogens (tertiary/aromatic N) is 3. The molecule has 0 N–H and O–H groups in total. The Hall–Kier alpha value is 0.0200. The van der Waals surface area contributed by atoms with E-state index in [1.807, 2.05) is 29.1 Å². The van der Waals surface area contributed by atoms with Crippen molar-refractivity contribution in [2.75, 3.05) is 6.26 Å². The molecule has 0 saturated carbocycles. The normalized spacial score (nSPS) is 10.3. The van der Waals surface area contributed by atoms with Crippen LogP contribution in [0.25, 0.3) is 0 Å². The van der Waals surface area contributed by atoms with E-state index in [2.05, 4.69) is 5.10 Å². The van der Waals surface area contributed by atoms with Gasteiger partial charge in [0.2, 0.25) is 5.16 Å². The Morgan fingerprint density at radius 1 is 1.70 bits per heavy atom. The van der Waals surface area contributed by atoms with Crippen LogP contribution in [0.1, 0.15) is 0 Å². The molecular weight excluding hydrogens is 265 g/mol. The summed E-state index contributed by atoms with van der Waals surface area (Å²) in [5, 5.41) is 4.68. The molecule has 1 aromatic rings. The Labute approximate surface area is 76.1 Å². The molecule has 0 fully saturated rings. The summed E-state index contributed by atoms with van der Waals surface area (Å²) in [4.78, 5) is 11.0. The van der Waals surface area contributed by atoms with Crippen molar-refractivity contribution in [3.8, 4) is 0 Å². The topological polar surface area (TPSA) is 39.8 Å². The molecule has 1 aromatic heterocycles. The van der Waals surface area contributed by atoms with Gasteiger partial charge in [0.1, 0.15) is 0 Å². The third kappa shape index (κ3) is 1.22. The molecule has 0 spiro atoms. The molecular formula is C4H6IN3OS. The molecule has 56 valence electrons. The molecule has 0 unspecified atom stereocenters. The van der Waals surface area contributed by atoms with Crippen LogP contribution in [0.2, 0.25) is 0 Å². The van der Waals surface area contributed by atoms with Crippen molar-refractivity contribution in [3.63, 3.8) is 0 Å². The Balaban J connectivity index is 3.31. The number of aryl methyl sites for hydroxylation is 1. The fraction of sp³-hybridized carbons (Fsp3) is 0.500. The van der Waals surface area contributed by atoms with Crippen molar-refractivity contribution < 1.29 is 0 Å². The van der Waals surface area contributed by atoms with Crippen LogP contribution in [0.3, 0.4) is 0 Å². The Morgan fingerprint density at radius 3 is 2.50 bits per heavy atom. The van der Waals surface area contributed by atoms with Crippen molar-refractivity contribution in [2.45, 2.75) is 5.16 Å². The maximum absolute atomic E-state index is 11.0. The van der Waals surface area contributed by atoms with Crippen LogP contribution in [-0.2, 0) is 7.05 Å². The fourth-order valence-electron chi connectivity index (χ4n) is 0.540. The Kier molecular flexibility index (Phi) is 2.40. The zero-order valence-corrected chi connectivity index (χ0v) is 8.51. The van der Waals surface area contributed by atoms with Crippen LogP contribution < -0.4 is 5.69 Å². The molecule has 1 rings (SSSR count). The van der Waals surface area contributed by atoms with Crippen LogP contribution in [0.15, 0.2) is 9.95 Å². The summed E-state index contributed by atoms with van der Waals surface area (Å²) >= 11 is 3.38. The van der Waals surface area contributed by atoms with Gasteiger partial charge in [-0.2, -0.15) is 0 Å². The summed E-state index contributed by atoms with van der Waals surface area (Å²) in [5.74, 6) is 0. The van der Waals surface area contributed by atoms with E-state index in [1.54, 1.807) is 7.05 Å². The maximum Gasteiger partial charge on any atom is 0.355 e. The first-order valence-corrected chi connectivity index (χ1v) is 4.72. The minimum absolute atomic E-state index is 0.0926. The van der Waals surface area contributed by atoms with E-state index in [1.165, 1.54) is 19.2 Å². The van der Waals surface area contributed by atoms with Gasteiger partial charge in [-0.15, -0.1) is 5.10 Å². The molecule has 0 bridgehead atoms. The highest BCUT2D eigenvalue weighted by Crippen LogP contribution is 2.10. The van der Waals surface area contributed by atoms with E-state index >= 15 is 0 Å². The lowest BCUT2D eigenvalue weighted by Crippen LogP contribution is -2.17. The quantitative estimate of drug-likeness (QED) is 0.551. The molecule has 4 nitrogen and oxygen atoms in total. The van der Waals surface area contributed by atoms with Gasteiger partial charge in [-0.05, 0) is 6.26 Å². The van der Waals surface area contributed by atoms with Crippen molar-refractivity contribution in [1.29, 1.82) is 0 Å². The second-order valence-corrected chi connectivity index (χ2v) is 3.41. The van der Waals surface area contributed by atoms with Crippen molar-refractivity contribution in [2.24, 2.45) is 7.05 Å². The predicted molar refractivity (Wildman–Crippen MR) is 48.7 cm³/mol. The molecule has 0 saturated heterocycles. The summed E-state index contributed by atoms with van der Waals surface area (Å²) in [5.41, 5.74) is -0.0926. The largest absolute Gasteiger partial charge is 0.355 e. The highest BCUT2D eigenvalue weighted by Gasteiger charge is 2.05. The molecule has 0 amide bonds. The number of hydrogen-bond acceptors (Lipinski definition) is 3. The van der Waals surface area contributed by atoms with Crippen molar-refractivity contribution in [3.05, 3.63) is 10.5 Å². The highest BCUT2D eigenvalue weighted by molar-refractivity contribution is 14.1. The lowest BCUT2D eigenvalue weighted by atomic mass is 11.2. The van der Waals surface area contributed by atoms with E-state index < -0.39 is 0 Å². The smallest absolute Gasteiger partial charge is 0.245 e. The minimum Gasteiger partial charge on any atom is -0.245 e. The first-order chi connectivity index (χ1) is 4.66. The zero-order valence-electron chi connectivity index (χ0n) is 5.54. The summed E-state index contributed by atoms with van der Waals surface area (Å²) in [6.45, 7) is 0. The summed E-state index contributed by atoms with van der Waals surface area (Å²) in [7, 11) is 1.64. The second-order valence-electron chi connectivity index (χ2n) is 1.67. The van der Waals surface area contributed by atoms with Gasteiger partial charge in [0.05, 0.1) is 22.9 Å². The number of thioether (sulfide) groups is 1. The maximum atomic E-state index is 11.0. The molecule has 6 heteroatoms. The van der Waals surface area contributed by atoms with Gasteiger partial charge < -0.3 is 0 Å². The fourth-order valence-corrected chi connectivity index (χ4v) is 1.98. The van der Waals surface area contributed by atoms with Gasteiger partial charge in [0.25, 0.3) is 0 Å². The third-order valence-corrected chi connectivity index (χ3v) is 2.86. The molecule has 10 heavy (non-hydrogen) atoms. The SMILES string of the molecule is CSc1nn(C)c(=O)n1I. The van der Waals surface area contributed by atoms with E-state index in [-0.39, 0.29) is 5.69 Å². The van der Waals surface area contributed by atoms with Gasteiger partial charge in [-0.25, -0.2) is 12.3 Å². The number of aromatic nitrogens is 3. The lowest BCUT2D eigenvalue weighted by molar-refractivity contribution is 0.715. The number of rotatable bonds is 1. The average molecular weight is 271 g/mol.